The van der Waals surface area contributed by atoms with Crippen LogP contribution >= 0.6 is 0 Å². The van der Waals surface area contributed by atoms with Crippen LogP contribution in [0.15, 0.2) is 42.5 Å². The molecule has 3 nitrogen and oxygen atoms in total. The highest BCUT2D eigenvalue weighted by Gasteiger charge is 2.40. The third kappa shape index (κ3) is 1.92. The Kier molecular flexibility index (Phi) is 2.67. The van der Waals surface area contributed by atoms with Gasteiger partial charge in [-0.15, -0.1) is 0 Å². The van der Waals surface area contributed by atoms with Gasteiger partial charge in [0.25, 0.3) is 0 Å². The molecule has 1 unspecified atom stereocenters. The van der Waals surface area contributed by atoms with Crippen LogP contribution < -0.4 is 0 Å². The van der Waals surface area contributed by atoms with Crippen molar-refractivity contribution in [1.82, 2.24) is 4.90 Å². The molecule has 1 aliphatic heterocycles. The zero-order valence-electron chi connectivity index (χ0n) is 10.3. The van der Waals surface area contributed by atoms with E-state index in [-0.39, 0.29) is 12.1 Å². The average Bonchev–Trinajstić information content (AvgIpc) is 3.19. The lowest BCUT2D eigenvalue weighted by Crippen LogP contribution is -2.12. The Morgan fingerprint density at radius 1 is 1.28 bits per heavy atom. The quantitative estimate of drug-likeness (QED) is 0.754. The molecule has 1 heterocycles. The van der Waals surface area contributed by atoms with Crippen molar-refractivity contribution < 1.29 is 9.53 Å². The van der Waals surface area contributed by atoms with E-state index >= 15 is 0 Å². The molecule has 1 aliphatic rings. The molecule has 0 radical (unpaired) electrons. The van der Waals surface area contributed by atoms with Crippen molar-refractivity contribution >= 4 is 16.9 Å². The van der Waals surface area contributed by atoms with E-state index in [0.717, 1.165) is 6.54 Å². The molecule has 92 valence electrons. The maximum Gasteiger partial charge on any atom is 0.410 e. The Labute approximate surface area is 106 Å². The second-order valence-corrected chi connectivity index (χ2v) is 4.47. The number of benzene rings is 2. The van der Waals surface area contributed by atoms with E-state index < -0.39 is 0 Å². The first-order valence-electron chi connectivity index (χ1n) is 6.21. The van der Waals surface area contributed by atoms with E-state index in [4.69, 9.17) is 4.74 Å². The van der Waals surface area contributed by atoms with E-state index in [1.165, 1.54) is 16.3 Å². The van der Waals surface area contributed by atoms with E-state index in [1.807, 2.05) is 19.1 Å². The summed E-state index contributed by atoms with van der Waals surface area (Å²) < 4.78 is 4.99. The molecule has 1 amide bonds. The van der Waals surface area contributed by atoms with Crippen LogP contribution in [-0.2, 0) is 4.74 Å². The lowest BCUT2D eigenvalue weighted by atomic mass is 10.1. The van der Waals surface area contributed by atoms with Crippen LogP contribution in [0.1, 0.15) is 18.5 Å². The zero-order valence-corrected chi connectivity index (χ0v) is 10.3. The fourth-order valence-corrected chi connectivity index (χ4v) is 2.25. The predicted octanol–water partition coefficient (Wildman–Crippen LogP) is 3.35. The summed E-state index contributed by atoms with van der Waals surface area (Å²) in [6.07, 6.45) is -0.212. The Morgan fingerprint density at radius 2 is 2.06 bits per heavy atom. The number of carbonyl (C=O) groups is 1. The van der Waals surface area contributed by atoms with Gasteiger partial charge in [-0.3, -0.25) is 4.90 Å². The molecule has 0 spiro atoms. The SMILES string of the molecule is CCOC(=O)N1CC1c1ccc2ccccc2c1. The van der Waals surface area contributed by atoms with Gasteiger partial charge in [-0.25, -0.2) is 4.79 Å². The van der Waals surface area contributed by atoms with Gasteiger partial charge >= 0.3 is 6.09 Å². The topological polar surface area (TPSA) is 29.3 Å². The van der Waals surface area contributed by atoms with E-state index in [1.54, 1.807) is 4.90 Å². The summed E-state index contributed by atoms with van der Waals surface area (Å²) in [5.74, 6) is 0. The van der Waals surface area contributed by atoms with Gasteiger partial charge in [-0.2, -0.15) is 0 Å². The van der Waals surface area contributed by atoms with Crippen LogP contribution in [0.25, 0.3) is 10.8 Å². The highest BCUT2D eigenvalue weighted by molar-refractivity contribution is 5.83. The highest BCUT2D eigenvalue weighted by Crippen LogP contribution is 2.36. The molecule has 0 aliphatic carbocycles. The van der Waals surface area contributed by atoms with Crippen LogP contribution in [0.2, 0.25) is 0 Å². The van der Waals surface area contributed by atoms with Gasteiger partial charge in [0.1, 0.15) is 0 Å². The first-order chi connectivity index (χ1) is 8.79. The summed E-state index contributed by atoms with van der Waals surface area (Å²) in [4.78, 5) is 13.3. The lowest BCUT2D eigenvalue weighted by Gasteiger charge is -2.05. The maximum atomic E-state index is 11.6. The molecule has 0 bridgehead atoms. The van der Waals surface area contributed by atoms with Crippen molar-refractivity contribution in [3.63, 3.8) is 0 Å². The van der Waals surface area contributed by atoms with Gasteiger partial charge in [-0.1, -0.05) is 36.4 Å². The summed E-state index contributed by atoms with van der Waals surface area (Å²) in [6, 6.07) is 14.8. The molecule has 0 N–H and O–H groups in total. The van der Waals surface area contributed by atoms with Gasteiger partial charge < -0.3 is 4.74 Å². The highest BCUT2D eigenvalue weighted by atomic mass is 16.6. The van der Waals surface area contributed by atoms with Gasteiger partial charge in [0.05, 0.1) is 12.6 Å². The summed E-state index contributed by atoms with van der Waals surface area (Å²) in [7, 11) is 0. The number of fused-ring (bicyclic) bond motifs is 1. The molecule has 3 rings (SSSR count). The number of hydrogen-bond donors (Lipinski definition) is 0. The fourth-order valence-electron chi connectivity index (χ4n) is 2.25. The smallest absolute Gasteiger partial charge is 0.410 e. The second kappa shape index (κ2) is 4.33. The second-order valence-electron chi connectivity index (χ2n) is 4.47. The Balaban J connectivity index is 1.82. The minimum absolute atomic E-state index is 0.189. The van der Waals surface area contributed by atoms with Crippen molar-refractivity contribution in [2.75, 3.05) is 13.2 Å². The zero-order chi connectivity index (χ0) is 12.5. The third-order valence-corrected chi connectivity index (χ3v) is 3.27. The van der Waals surface area contributed by atoms with Crippen LogP contribution in [0.5, 0.6) is 0 Å². The standard InChI is InChI=1S/C15H15NO2/c1-2-18-15(17)16-10-14(16)13-8-7-11-5-3-4-6-12(11)9-13/h3-9,14H,2,10H2,1H3. The first kappa shape index (κ1) is 11.1. The summed E-state index contributed by atoms with van der Waals surface area (Å²) in [5, 5.41) is 2.44. The van der Waals surface area contributed by atoms with Crippen LogP contribution in [0, 0.1) is 0 Å². The molecule has 0 aromatic heterocycles. The molecule has 3 heteroatoms. The maximum absolute atomic E-state index is 11.6. The van der Waals surface area contributed by atoms with Crippen LogP contribution in [0.3, 0.4) is 0 Å². The molecule has 1 fully saturated rings. The van der Waals surface area contributed by atoms with Crippen molar-refractivity contribution in [2.24, 2.45) is 0 Å². The largest absolute Gasteiger partial charge is 0.450 e. The van der Waals surface area contributed by atoms with Crippen molar-refractivity contribution in [3.05, 3.63) is 48.0 Å². The molecule has 1 saturated heterocycles. The molecule has 2 aromatic rings. The molecular weight excluding hydrogens is 226 g/mol. The predicted molar refractivity (Wildman–Crippen MR) is 70.4 cm³/mol. The summed E-state index contributed by atoms with van der Waals surface area (Å²) in [5.41, 5.74) is 1.18. The van der Waals surface area contributed by atoms with E-state index in [2.05, 4.69) is 30.3 Å². The van der Waals surface area contributed by atoms with Gasteiger partial charge in [-0.05, 0) is 29.3 Å². The van der Waals surface area contributed by atoms with Gasteiger partial charge in [0.15, 0.2) is 0 Å². The van der Waals surface area contributed by atoms with E-state index in [0.29, 0.717) is 6.61 Å². The number of rotatable bonds is 2. The summed E-state index contributed by atoms with van der Waals surface area (Å²) in [6.45, 7) is 3.02. The summed E-state index contributed by atoms with van der Waals surface area (Å²) >= 11 is 0. The fraction of sp³-hybridized carbons (Fsp3) is 0.267. The van der Waals surface area contributed by atoms with Crippen molar-refractivity contribution in [3.8, 4) is 0 Å². The third-order valence-electron chi connectivity index (χ3n) is 3.27. The molecule has 0 saturated carbocycles. The molecular formula is C15H15NO2. The minimum Gasteiger partial charge on any atom is -0.450 e. The Bertz CT molecular complexity index is 594. The molecule has 2 aromatic carbocycles. The number of nitrogens with zero attached hydrogens (tertiary/aromatic N) is 1. The van der Waals surface area contributed by atoms with E-state index in [9.17, 15) is 4.79 Å². The number of hydrogen-bond acceptors (Lipinski definition) is 2. The van der Waals surface area contributed by atoms with Crippen LogP contribution in [0.4, 0.5) is 4.79 Å². The lowest BCUT2D eigenvalue weighted by molar-refractivity contribution is 0.134. The monoisotopic (exact) mass is 241 g/mol. The van der Waals surface area contributed by atoms with Crippen LogP contribution in [-0.4, -0.2) is 24.1 Å². The van der Waals surface area contributed by atoms with Gasteiger partial charge in [0.2, 0.25) is 0 Å². The molecule has 18 heavy (non-hydrogen) atoms. The first-order valence-corrected chi connectivity index (χ1v) is 6.21. The minimum atomic E-state index is -0.212. The number of carbonyl (C=O) groups excluding carboxylic acids is 1. The normalized spacial score (nSPS) is 17.8. The molecule has 1 atom stereocenters. The Morgan fingerprint density at radius 3 is 2.83 bits per heavy atom. The van der Waals surface area contributed by atoms with Crippen molar-refractivity contribution in [1.29, 1.82) is 0 Å². The number of amides is 1. The average molecular weight is 241 g/mol. The Hall–Kier alpha value is -2.03. The van der Waals surface area contributed by atoms with Gasteiger partial charge in [0, 0.05) is 6.54 Å². The van der Waals surface area contributed by atoms with Crippen molar-refractivity contribution in [2.45, 2.75) is 13.0 Å². The number of ether oxygens (including phenoxy) is 1.